The zero-order valence-corrected chi connectivity index (χ0v) is 16.8. The van der Waals surface area contributed by atoms with E-state index in [4.69, 9.17) is 0 Å². The number of carbonyl (C=O) groups is 1. The highest BCUT2D eigenvalue weighted by Crippen LogP contribution is 2.21. The average molecular weight is 418 g/mol. The lowest BCUT2D eigenvalue weighted by molar-refractivity contribution is 0.0702. The Morgan fingerprint density at radius 1 is 1.13 bits per heavy atom. The third-order valence-corrected chi connectivity index (χ3v) is 5.63. The Labute approximate surface area is 176 Å². The van der Waals surface area contributed by atoms with Crippen LogP contribution in [0.5, 0.6) is 0 Å². The molecule has 0 aliphatic carbocycles. The maximum atomic E-state index is 14.6. The van der Waals surface area contributed by atoms with Crippen LogP contribution in [0.2, 0.25) is 0 Å². The SMILES string of the molecule is Cc1nnc2n1CCN(C(=O)c1cc(Cc3n[nH]c(=O)c4ccccc34)ccc1F)C2. The van der Waals surface area contributed by atoms with Crippen molar-refractivity contribution in [1.82, 2.24) is 29.9 Å². The molecule has 8 nitrogen and oxygen atoms in total. The minimum Gasteiger partial charge on any atom is -0.329 e. The van der Waals surface area contributed by atoms with Crippen LogP contribution in [0.25, 0.3) is 10.8 Å². The molecule has 2 aromatic carbocycles. The number of halogens is 1. The zero-order chi connectivity index (χ0) is 21.5. The first-order valence-electron chi connectivity index (χ1n) is 9.94. The summed E-state index contributed by atoms with van der Waals surface area (Å²) in [7, 11) is 0. The number of carbonyl (C=O) groups excluding carboxylic acids is 1. The van der Waals surface area contributed by atoms with Crippen molar-refractivity contribution in [2.45, 2.75) is 26.4 Å². The van der Waals surface area contributed by atoms with Gasteiger partial charge in [-0.05, 0) is 30.7 Å². The maximum absolute atomic E-state index is 14.6. The van der Waals surface area contributed by atoms with Gasteiger partial charge in [0, 0.05) is 24.9 Å². The summed E-state index contributed by atoms with van der Waals surface area (Å²) >= 11 is 0. The summed E-state index contributed by atoms with van der Waals surface area (Å²) in [5.41, 5.74) is 1.13. The van der Waals surface area contributed by atoms with Crippen LogP contribution in [-0.2, 0) is 19.5 Å². The smallest absolute Gasteiger partial charge is 0.272 e. The van der Waals surface area contributed by atoms with Crippen molar-refractivity contribution in [2.75, 3.05) is 6.54 Å². The second-order valence-electron chi connectivity index (χ2n) is 7.58. The third-order valence-electron chi connectivity index (χ3n) is 5.63. The molecule has 1 aliphatic rings. The van der Waals surface area contributed by atoms with Gasteiger partial charge in [-0.1, -0.05) is 24.3 Å². The molecule has 0 saturated heterocycles. The van der Waals surface area contributed by atoms with E-state index < -0.39 is 5.82 Å². The highest BCUT2D eigenvalue weighted by molar-refractivity contribution is 5.94. The Balaban J connectivity index is 1.44. The van der Waals surface area contributed by atoms with E-state index in [0.717, 1.165) is 16.8 Å². The highest BCUT2D eigenvalue weighted by atomic mass is 19.1. The number of aromatic amines is 1. The number of H-pyrrole nitrogens is 1. The molecule has 1 amide bonds. The van der Waals surface area contributed by atoms with Crippen LogP contribution in [0.15, 0.2) is 47.3 Å². The number of aryl methyl sites for hydroxylation is 1. The lowest BCUT2D eigenvalue weighted by atomic mass is 10.0. The Morgan fingerprint density at radius 3 is 2.77 bits per heavy atom. The van der Waals surface area contributed by atoms with Gasteiger partial charge < -0.3 is 9.47 Å². The first kappa shape index (κ1) is 19.1. The Bertz CT molecular complexity index is 1380. The molecule has 5 rings (SSSR count). The summed E-state index contributed by atoms with van der Waals surface area (Å²) in [6.07, 6.45) is 0.353. The van der Waals surface area contributed by atoms with Gasteiger partial charge in [0.05, 0.1) is 23.2 Å². The molecule has 0 spiro atoms. The topological polar surface area (TPSA) is 96.8 Å². The number of benzene rings is 2. The lowest BCUT2D eigenvalue weighted by Gasteiger charge is -2.28. The molecule has 156 valence electrons. The number of nitrogens with one attached hydrogen (secondary N) is 1. The summed E-state index contributed by atoms with van der Waals surface area (Å²) in [5.74, 6) is 0.537. The highest BCUT2D eigenvalue weighted by Gasteiger charge is 2.26. The van der Waals surface area contributed by atoms with E-state index in [1.54, 1.807) is 29.2 Å². The van der Waals surface area contributed by atoms with Crippen LogP contribution < -0.4 is 5.56 Å². The molecular formula is C22H19FN6O2. The van der Waals surface area contributed by atoms with Crippen molar-refractivity contribution >= 4 is 16.7 Å². The van der Waals surface area contributed by atoms with Gasteiger partial charge >= 0.3 is 0 Å². The van der Waals surface area contributed by atoms with Crippen molar-refractivity contribution in [3.8, 4) is 0 Å². The molecule has 0 unspecified atom stereocenters. The van der Waals surface area contributed by atoms with Gasteiger partial charge in [0.25, 0.3) is 11.5 Å². The van der Waals surface area contributed by atoms with Gasteiger partial charge in [0.1, 0.15) is 11.6 Å². The Hall–Kier alpha value is -3.88. The third kappa shape index (κ3) is 3.37. The Morgan fingerprint density at radius 2 is 1.94 bits per heavy atom. The number of rotatable bonds is 3. The molecule has 3 heterocycles. The molecule has 0 bridgehead atoms. The fourth-order valence-corrected chi connectivity index (χ4v) is 3.99. The zero-order valence-electron chi connectivity index (χ0n) is 16.8. The van der Waals surface area contributed by atoms with Gasteiger partial charge in [0.2, 0.25) is 0 Å². The molecule has 2 aromatic heterocycles. The minimum absolute atomic E-state index is 0.0101. The van der Waals surface area contributed by atoms with E-state index in [2.05, 4.69) is 20.4 Å². The lowest BCUT2D eigenvalue weighted by Crippen LogP contribution is -2.39. The van der Waals surface area contributed by atoms with Crippen LogP contribution in [-0.4, -0.2) is 42.3 Å². The first-order chi connectivity index (χ1) is 15.0. The van der Waals surface area contributed by atoms with E-state index >= 15 is 0 Å². The number of amides is 1. The largest absolute Gasteiger partial charge is 0.329 e. The van der Waals surface area contributed by atoms with Gasteiger partial charge in [0.15, 0.2) is 5.82 Å². The quantitative estimate of drug-likeness (QED) is 0.550. The van der Waals surface area contributed by atoms with E-state index in [1.165, 1.54) is 6.07 Å². The van der Waals surface area contributed by atoms with Gasteiger partial charge in [-0.25, -0.2) is 9.49 Å². The summed E-state index contributed by atoms with van der Waals surface area (Å²) in [4.78, 5) is 26.7. The predicted molar refractivity (Wildman–Crippen MR) is 111 cm³/mol. The van der Waals surface area contributed by atoms with Gasteiger partial charge in [-0.15, -0.1) is 10.2 Å². The Kier molecular flexibility index (Phi) is 4.58. The molecular weight excluding hydrogens is 399 g/mol. The fourth-order valence-electron chi connectivity index (χ4n) is 3.99. The van der Waals surface area contributed by atoms with Gasteiger partial charge in [-0.2, -0.15) is 5.10 Å². The van der Waals surface area contributed by atoms with Crippen molar-refractivity contribution < 1.29 is 9.18 Å². The summed E-state index contributed by atoms with van der Waals surface area (Å²) < 4.78 is 16.5. The van der Waals surface area contributed by atoms with Crippen LogP contribution in [0, 0.1) is 12.7 Å². The molecule has 1 N–H and O–H groups in total. The van der Waals surface area contributed by atoms with Crippen LogP contribution in [0.4, 0.5) is 4.39 Å². The summed E-state index contributed by atoms with van der Waals surface area (Å²) in [6.45, 7) is 3.19. The number of aromatic nitrogens is 5. The molecule has 31 heavy (non-hydrogen) atoms. The maximum Gasteiger partial charge on any atom is 0.272 e. The van der Waals surface area contributed by atoms with Crippen molar-refractivity contribution in [3.05, 3.63) is 87.1 Å². The van der Waals surface area contributed by atoms with E-state index in [-0.39, 0.29) is 23.6 Å². The van der Waals surface area contributed by atoms with E-state index in [1.807, 2.05) is 23.6 Å². The second kappa shape index (κ2) is 7.42. The normalized spacial score (nSPS) is 13.4. The molecule has 4 aromatic rings. The van der Waals surface area contributed by atoms with Crippen molar-refractivity contribution in [2.24, 2.45) is 0 Å². The average Bonchev–Trinajstić information content (AvgIpc) is 3.17. The molecule has 0 fully saturated rings. The van der Waals surface area contributed by atoms with Gasteiger partial charge in [-0.3, -0.25) is 9.59 Å². The van der Waals surface area contributed by atoms with E-state index in [0.29, 0.717) is 36.4 Å². The van der Waals surface area contributed by atoms with Crippen molar-refractivity contribution in [3.63, 3.8) is 0 Å². The molecule has 0 saturated carbocycles. The molecule has 0 atom stereocenters. The number of hydrogen-bond donors (Lipinski definition) is 1. The molecule has 0 radical (unpaired) electrons. The summed E-state index contributed by atoms with van der Waals surface area (Å²) in [5, 5.41) is 16.1. The molecule has 1 aliphatic heterocycles. The number of nitrogens with zero attached hydrogens (tertiary/aromatic N) is 5. The molecule has 9 heteroatoms. The minimum atomic E-state index is -0.573. The monoisotopic (exact) mass is 418 g/mol. The van der Waals surface area contributed by atoms with E-state index in [9.17, 15) is 14.0 Å². The van der Waals surface area contributed by atoms with Crippen LogP contribution in [0.3, 0.4) is 0 Å². The summed E-state index contributed by atoms with van der Waals surface area (Å²) in [6, 6.07) is 11.7. The fraction of sp³-hybridized carbons (Fsp3) is 0.227. The van der Waals surface area contributed by atoms with Crippen LogP contribution >= 0.6 is 0 Å². The number of hydrogen-bond acceptors (Lipinski definition) is 5. The first-order valence-corrected chi connectivity index (χ1v) is 9.94. The second-order valence-corrected chi connectivity index (χ2v) is 7.58. The standard InChI is InChI=1S/C22H19FN6O2/c1-13-24-26-20-12-28(8-9-29(13)20)22(31)17-10-14(6-7-18(17)23)11-19-15-4-2-3-5-16(15)21(30)27-25-19/h2-7,10H,8-9,11-12H2,1H3,(H,27,30). The van der Waals surface area contributed by atoms with Crippen molar-refractivity contribution in [1.29, 1.82) is 0 Å². The van der Waals surface area contributed by atoms with Crippen LogP contribution in [0.1, 0.15) is 33.3 Å². The predicted octanol–water partition coefficient (Wildman–Crippen LogP) is 2.21. The number of fused-ring (bicyclic) bond motifs is 2.